The molecule has 2 N–H and O–H groups in total. The molecule has 2 aromatic rings. The van der Waals surface area contributed by atoms with E-state index in [1.165, 1.54) is 4.57 Å². The van der Waals surface area contributed by atoms with Crippen LogP contribution in [0.15, 0.2) is 27.4 Å². The number of carbonyl (C=O) groups is 2. The highest BCUT2D eigenvalue weighted by atomic mass is 16.4. The first-order valence-electron chi connectivity index (χ1n) is 8.30. The Morgan fingerprint density at radius 2 is 2.20 bits per heavy atom. The predicted octanol–water partition coefficient (Wildman–Crippen LogP) is 1.85. The van der Waals surface area contributed by atoms with E-state index in [4.69, 9.17) is 4.42 Å². The SMILES string of the molecule is Cn1c(=O)oc2c(NC(=O)N3C[C@@H]4CCC[C@@]4(C(=O)O)C3)cccc21. The Balaban J connectivity index is 1.59. The zero-order valence-electron chi connectivity index (χ0n) is 13.8. The van der Waals surface area contributed by atoms with Gasteiger partial charge in [0.1, 0.15) is 0 Å². The van der Waals surface area contributed by atoms with Gasteiger partial charge in [-0.2, -0.15) is 0 Å². The summed E-state index contributed by atoms with van der Waals surface area (Å²) in [4.78, 5) is 37.6. The summed E-state index contributed by atoms with van der Waals surface area (Å²) >= 11 is 0. The van der Waals surface area contributed by atoms with Crippen molar-refractivity contribution >= 4 is 28.8 Å². The van der Waals surface area contributed by atoms with Gasteiger partial charge in [-0.05, 0) is 30.9 Å². The second-order valence-electron chi connectivity index (χ2n) is 6.94. The molecule has 8 nitrogen and oxygen atoms in total. The van der Waals surface area contributed by atoms with Crippen LogP contribution in [-0.4, -0.2) is 39.7 Å². The lowest BCUT2D eigenvalue weighted by atomic mass is 9.81. The van der Waals surface area contributed by atoms with Crippen LogP contribution >= 0.6 is 0 Å². The minimum Gasteiger partial charge on any atom is -0.481 e. The molecule has 0 unspecified atom stereocenters. The van der Waals surface area contributed by atoms with Crippen LogP contribution in [0.2, 0.25) is 0 Å². The molecule has 2 atom stereocenters. The number of nitrogens with zero attached hydrogens (tertiary/aromatic N) is 2. The van der Waals surface area contributed by atoms with E-state index in [2.05, 4.69) is 5.32 Å². The van der Waals surface area contributed by atoms with Crippen LogP contribution in [0.1, 0.15) is 19.3 Å². The minimum atomic E-state index is -0.818. The third kappa shape index (κ3) is 2.24. The average molecular weight is 345 g/mol. The summed E-state index contributed by atoms with van der Waals surface area (Å²) in [5.74, 6) is -1.32. The van der Waals surface area contributed by atoms with Gasteiger partial charge in [-0.1, -0.05) is 12.5 Å². The number of aromatic nitrogens is 1. The van der Waals surface area contributed by atoms with E-state index in [1.54, 1.807) is 30.1 Å². The number of aliphatic carboxylic acids is 1. The van der Waals surface area contributed by atoms with Gasteiger partial charge in [-0.15, -0.1) is 0 Å². The van der Waals surface area contributed by atoms with Crippen molar-refractivity contribution < 1.29 is 19.1 Å². The quantitative estimate of drug-likeness (QED) is 0.864. The number of rotatable bonds is 2. The van der Waals surface area contributed by atoms with Gasteiger partial charge in [0.15, 0.2) is 5.58 Å². The van der Waals surface area contributed by atoms with E-state index >= 15 is 0 Å². The van der Waals surface area contributed by atoms with Crippen molar-refractivity contribution in [3.8, 4) is 0 Å². The summed E-state index contributed by atoms with van der Waals surface area (Å²) in [5, 5.41) is 12.4. The number of urea groups is 1. The Bertz CT molecular complexity index is 930. The van der Waals surface area contributed by atoms with Crippen molar-refractivity contribution in [1.29, 1.82) is 0 Å². The van der Waals surface area contributed by atoms with Gasteiger partial charge in [-0.3, -0.25) is 9.36 Å². The van der Waals surface area contributed by atoms with Crippen LogP contribution < -0.4 is 11.1 Å². The molecule has 4 rings (SSSR count). The van der Waals surface area contributed by atoms with Gasteiger partial charge < -0.3 is 19.7 Å². The van der Waals surface area contributed by atoms with Gasteiger partial charge in [0.05, 0.1) is 16.6 Å². The number of benzene rings is 1. The molecule has 1 aromatic carbocycles. The molecule has 8 heteroatoms. The van der Waals surface area contributed by atoms with Crippen molar-refractivity contribution in [2.75, 3.05) is 18.4 Å². The highest BCUT2D eigenvalue weighted by molar-refractivity contribution is 5.98. The summed E-state index contributed by atoms with van der Waals surface area (Å²) < 4.78 is 6.57. The normalized spacial score (nSPS) is 25.3. The topological polar surface area (TPSA) is 105 Å². The number of amides is 2. The molecule has 25 heavy (non-hydrogen) atoms. The molecule has 2 heterocycles. The molecule has 1 aromatic heterocycles. The standard InChI is InChI=1S/C17H19N3O5/c1-19-12-6-2-5-11(13(12)25-16(19)24)18-15(23)20-8-10-4-3-7-17(10,9-20)14(21)22/h2,5-6,10H,3-4,7-9H2,1H3,(H,18,23)(H,21,22)/t10-,17+/m0/s1. The lowest BCUT2D eigenvalue weighted by Gasteiger charge is -2.23. The first kappa shape index (κ1) is 15.7. The lowest BCUT2D eigenvalue weighted by molar-refractivity contribution is -0.149. The molecular formula is C17H19N3O5. The Morgan fingerprint density at radius 3 is 2.92 bits per heavy atom. The maximum atomic E-state index is 12.6. The maximum Gasteiger partial charge on any atom is 0.419 e. The van der Waals surface area contributed by atoms with Crippen molar-refractivity contribution in [3.05, 3.63) is 28.7 Å². The zero-order chi connectivity index (χ0) is 17.8. The molecule has 1 saturated carbocycles. The number of carbonyl (C=O) groups excluding carboxylic acids is 1. The summed E-state index contributed by atoms with van der Waals surface area (Å²) in [7, 11) is 1.60. The molecule has 0 radical (unpaired) electrons. The van der Waals surface area contributed by atoms with Crippen molar-refractivity contribution in [1.82, 2.24) is 9.47 Å². The van der Waals surface area contributed by atoms with Crippen LogP contribution in [0.4, 0.5) is 10.5 Å². The predicted molar refractivity (Wildman–Crippen MR) is 89.5 cm³/mol. The number of anilines is 1. The van der Waals surface area contributed by atoms with Gasteiger partial charge >= 0.3 is 17.8 Å². The largest absolute Gasteiger partial charge is 0.481 e. The van der Waals surface area contributed by atoms with Crippen LogP contribution in [0.25, 0.3) is 11.1 Å². The Labute approximate surface area is 143 Å². The molecule has 132 valence electrons. The molecule has 0 bridgehead atoms. The maximum absolute atomic E-state index is 12.6. The number of para-hydroxylation sites is 1. The Hall–Kier alpha value is -2.77. The molecule has 2 amide bonds. The number of carboxylic acid groups (broad SMARTS) is 1. The molecule has 1 aliphatic carbocycles. The van der Waals surface area contributed by atoms with E-state index in [0.29, 0.717) is 29.8 Å². The van der Waals surface area contributed by atoms with Crippen LogP contribution in [0.3, 0.4) is 0 Å². The third-order valence-electron chi connectivity index (χ3n) is 5.64. The number of hydrogen-bond acceptors (Lipinski definition) is 4. The highest BCUT2D eigenvalue weighted by Gasteiger charge is 2.55. The average Bonchev–Trinajstić information content (AvgIpc) is 3.21. The van der Waals surface area contributed by atoms with Crippen LogP contribution in [0.5, 0.6) is 0 Å². The second kappa shape index (κ2) is 5.37. The highest BCUT2D eigenvalue weighted by Crippen LogP contribution is 2.49. The van der Waals surface area contributed by atoms with Gasteiger partial charge in [0.25, 0.3) is 0 Å². The smallest absolute Gasteiger partial charge is 0.419 e. The van der Waals surface area contributed by atoms with Crippen molar-refractivity contribution in [2.45, 2.75) is 19.3 Å². The number of likely N-dealkylation sites (tertiary alicyclic amines) is 1. The number of aryl methyl sites for hydroxylation is 1. The second-order valence-corrected chi connectivity index (χ2v) is 6.94. The fourth-order valence-corrected chi connectivity index (χ4v) is 4.24. The van der Waals surface area contributed by atoms with Crippen molar-refractivity contribution in [2.24, 2.45) is 18.4 Å². The number of nitrogens with one attached hydrogen (secondary N) is 1. The molecule has 2 aliphatic rings. The zero-order valence-corrected chi connectivity index (χ0v) is 13.8. The molecule has 2 fully saturated rings. The van der Waals surface area contributed by atoms with Gasteiger partial charge in [-0.25, -0.2) is 9.59 Å². The minimum absolute atomic E-state index is 0.00111. The van der Waals surface area contributed by atoms with Crippen molar-refractivity contribution in [3.63, 3.8) is 0 Å². The van der Waals surface area contributed by atoms with Crippen LogP contribution in [-0.2, 0) is 11.8 Å². The van der Waals surface area contributed by atoms with Crippen LogP contribution in [0, 0.1) is 11.3 Å². The number of fused-ring (bicyclic) bond motifs is 2. The molecule has 0 spiro atoms. The van der Waals surface area contributed by atoms with E-state index in [0.717, 1.165) is 12.8 Å². The first-order chi connectivity index (χ1) is 11.9. The summed E-state index contributed by atoms with van der Waals surface area (Å²) in [6.45, 7) is 0.653. The number of hydrogen-bond donors (Lipinski definition) is 2. The summed E-state index contributed by atoms with van der Waals surface area (Å²) in [6, 6.07) is 4.75. The summed E-state index contributed by atoms with van der Waals surface area (Å²) in [6.07, 6.45) is 2.33. The fourth-order valence-electron chi connectivity index (χ4n) is 4.24. The lowest BCUT2D eigenvalue weighted by Crippen LogP contribution is -2.38. The van der Waals surface area contributed by atoms with E-state index in [1.807, 2.05) is 0 Å². The Kier molecular flexibility index (Phi) is 3.38. The number of oxazole rings is 1. The molecular weight excluding hydrogens is 326 g/mol. The first-order valence-corrected chi connectivity index (χ1v) is 8.30. The van der Waals surface area contributed by atoms with E-state index in [-0.39, 0.29) is 18.5 Å². The third-order valence-corrected chi connectivity index (χ3v) is 5.64. The molecule has 1 aliphatic heterocycles. The van der Waals surface area contributed by atoms with E-state index < -0.39 is 17.1 Å². The van der Waals surface area contributed by atoms with E-state index in [9.17, 15) is 19.5 Å². The Morgan fingerprint density at radius 1 is 1.40 bits per heavy atom. The fraction of sp³-hybridized carbons (Fsp3) is 0.471. The number of carboxylic acids is 1. The molecule has 1 saturated heterocycles. The summed E-state index contributed by atoms with van der Waals surface area (Å²) in [5.41, 5.74) is 0.489. The monoisotopic (exact) mass is 345 g/mol. The van der Waals surface area contributed by atoms with Gasteiger partial charge in [0.2, 0.25) is 0 Å². The van der Waals surface area contributed by atoms with Gasteiger partial charge in [0, 0.05) is 20.1 Å².